The average Bonchev–Trinajstić information content (AvgIpc) is 3.25. The molecule has 1 aliphatic heterocycles. The normalized spacial score (nSPS) is 18.6. The molecule has 2 aromatic carbocycles. The molecule has 2 heterocycles. The van der Waals surface area contributed by atoms with Crippen LogP contribution in [-0.2, 0) is 4.79 Å². The van der Waals surface area contributed by atoms with E-state index in [4.69, 9.17) is 14.2 Å². The van der Waals surface area contributed by atoms with Crippen molar-refractivity contribution < 1.29 is 19.0 Å². The monoisotopic (exact) mass is 459 g/mol. The van der Waals surface area contributed by atoms with Crippen molar-refractivity contribution in [1.29, 1.82) is 0 Å². The average molecular weight is 460 g/mol. The zero-order chi connectivity index (χ0) is 24.0. The first kappa shape index (κ1) is 22.1. The van der Waals surface area contributed by atoms with Gasteiger partial charge in [-0.1, -0.05) is 44.2 Å². The molecule has 3 aromatic rings. The van der Waals surface area contributed by atoms with Crippen LogP contribution >= 0.6 is 0 Å². The van der Waals surface area contributed by atoms with E-state index >= 15 is 0 Å². The number of benzene rings is 2. The van der Waals surface area contributed by atoms with Gasteiger partial charge in [-0.05, 0) is 23.5 Å². The standard InChI is InChI=1S/C27H29N3O4/c1-27(2)13-17-23(18(31)14-27)22(16-11-20(33-4)21(34-5)12-19(16)32-3)24-25(29-30-26(24)28-17)15-9-7-6-8-10-15/h6-12,22H,13-14H2,1-5H3,(H2,28,29,30)/t22-/m0/s1. The number of aromatic amines is 1. The minimum atomic E-state index is -0.376. The Morgan fingerprint density at radius 3 is 2.29 bits per heavy atom. The van der Waals surface area contributed by atoms with Gasteiger partial charge >= 0.3 is 0 Å². The van der Waals surface area contributed by atoms with Gasteiger partial charge in [0.1, 0.15) is 5.75 Å². The molecule has 0 fully saturated rings. The van der Waals surface area contributed by atoms with E-state index in [-0.39, 0.29) is 17.1 Å². The molecular formula is C27H29N3O4. The summed E-state index contributed by atoms with van der Waals surface area (Å²) in [6, 6.07) is 13.8. The van der Waals surface area contributed by atoms with Crippen LogP contribution in [0.2, 0.25) is 0 Å². The number of carbonyl (C=O) groups is 1. The maximum absolute atomic E-state index is 13.7. The number of ketones is 1. The number of rotatable bonds is 5. The summed E-state index contributed by atoms with van der Waals surface area (Å²) >= 11 is 0. The molecule has 0 radical (unpaired) electrons. The van der Waals surface area contributed by atoms with Crippen molar-refractivity contribution in [1.82, 2.24) is 10.2 Å². The quantitative estimate of drug-likeness (QED) is 0.538. The summed E-state index contributed by atoms with van der Waals surface area (Å²) in [5.41, 5.74) is 5.16. The summed E-state index contributed by atoms with van der Waals surface area (Å²) in [6.45, 7) is 4.25. The molecule has 1 atom stereocenters. The zero-order valence-corrected chi connectivity index (χ0v) is 20.1. The highest BCUT2D eigenvalue weighted by atomic mass is 16.5. The number of Topliss-reactive ketones (excluding diaryl/α,β-unsaturated/α-hetero) is 1. The van der Waals surface area contributed by atoms with Gasteiger partial charge in [-0.3, -0.25) is 9.89 Å². The van der Waals surface area contributed by atoms with Gasteiger partial charge in [-0.15, -0.1) is 0 Å². The zero-order valence-electron chi connectivity index (χ0n) is 20.1. The van der Waals surface area contributed by atoms with E-state index in [9.17, 15) is 4.79 Å². The second kappa shape index (κ2) is 8.24. The first-order valence-electron chi connectivity index (χ1n) is 11.3. The smallest absolute Gasteiger partial charge is 0.164 e. The molecule has 0 amide bonds. The van der Waals surface area contributed by atoms with Gasteiger partial charge in [0.25, 0.3) is 0 Å². The number of allylic oxidation sites excluding steroid dienone is 2. The van der Waals surface area contributed by atoms with Crippen LogP contribution in [0.3, 0.4) is 0 Å². The Morgan fingerprint density at radius 1 is 0.941 bits per heavy atom. The van der Waals surface area contributed by atoms with Crippen molar-refractivity contribution in [2.24, 2.45) is 5.41 Å². The summed E-state index contributed by atoms with van der Waals surface area (Å²) in [7, 11) is 4.83. The second-order valence-corrected chi connectivity index (χ2v) is 9.57. The number of aromatic nitrogens is 2. The van der Waals surface area contributed by atoms with Crippen LogP contribution in [0.25, 0.3) is 11.3 Å². The largest absolute Gasteiger partial charge is 0.496 e. The van der Waals surface area contributed by atoms with Crippen LogP contribution < -0.4 is 19.5 Å². The van der Waals surface area contributed by atoms with Crippen molar-refractivity contribution in [2.75, 3.05) is 26.6 Å². The third kappa shape index (κ3) is 3.52. The van der Waals surface area contributed by atoms with Crippen LogP contribution in [0, 0.1) is 5.41 Å². The van der Waals surface area contributed by atoms with Crippen LogP contribution in [0.4, 0.5) is 5.82 Å². The first-order valence-corrected chi connectivity index (χ1v) is 11.3. The molecular weight excluding hydrogens is 430 g/mol. The Morgan fingerprint density at radius 2 is 1.62 bits per heavy atom. The third-order valence-electron chi connectivity index (χ3n) is 6.68. The minimum absolute atomic E-state index is 0.131. The summed E-state index contributed by atoms with van der Waals surface area (Å²) in [5, 5.41) is 11.3. The molecule has 0 saturated carbocycles. The summed E-state index contributed by atoms with van der Waals surface area (Å²) in [6.07, 6.45) is 1.24. The highest BCUT2D eigenvalue weighted by Crippen LogP contribution is 2.53. The SMILES string of the molecule is COc1cc(OC)c([C@H]2C3=C(CC(C)(C)CC3=O)Nc3n[nH]c(-c4ccccc4)c32)cc1OC. The van der Waals surface area contributed by atoms with Gasteiger partial charge in [0, 0.05) is 40.8 Å². The molecule has 7 nitrogen and oxygen atoms in total. The number of H-pyrrole nitrogens is 1. The van der Waals surface area contributed by atoms with Crippen LogP contribution in [0.5, 0.6) is 17.2 Å². The van der Waals surface area contributed by atoms with Gasteiger partial charge in [0.15, 0.2) is 23.1 Å². The van der Waals surface area contributed by atoms with Crippen molar-refractivity contribution >= 4 is 11.6 Å². The molecule has 34 heavy (non-hydrogen) atoms. The number of anilines is 1. The van der Waals surface area contributed by atoms with Crippen molar-refractivity contribution in [3.8, 4) is 28.5 Å². The maximum atomic E-state index is 13.7. The molecule has 2 aliphatic rings. The maximum Gasteiger partial charge on any atom is 0.164 e. The van der Waals surface area contributed by atoms with E-state index in [0.29, 0.717) is 23.7 Å². The van der Waals surface area contributed by atoms with Gasteiger partial charge in [0.2, 0.25) is 0 Å². The molecule has 0 unspecified atom stereocenters. The van der Waals surface area contributed by atoms with Gasteiger partial charge in [0.05, 0.1) is 27.0 Å². The second-order valence-electron chi connectivity index (χ2n) is 9.57. The highest BCUT2D eigenvalue weighted by molar-refractivity contribution is 6.02. The number of nitrogens with one attached hydrogen (secondary N) is 2. The number of ether oxygens (including phenoxy) is 3. The Bertz CT molecular complexity index is 1290. The molecule has 1 aromatic heterocycles. The Hall–Kier alpha value is -3.74. The van der Waals surface area contributed by atoms with E-state index in [1.54, 1.807) is 21.3 Å². The van der Waals surface area contributed by atoms with Crippen LogP contribution in [0.15, 0.2) is 53.7 Å². The third-order valence-corrected chi connectivity index (χ3v) is 6.68. The predicted octanol–water partition coefficient (Wildman–Crippen LogP) is 5.30. The molecule has 0 spiro atoms. The van der Waals surface area contributed by atoms with Crippen molar-refractivity contribution in [3.05, 3.63) is 64.9 Å². The molecule has 5 rings (SSSR count). The van der Waals surface area contributed by atoms with Gasteiger partial charge < -0.3 is 19.5 Å². The summed E-state index contributed by atoms with van der Waals surface area (Å²) < 4.78 is 16.9. The lowest BCUT2D eigenvalue weighted by Gasteiger charge is -2.38. The van der Waals surface area contributed by atoms with E-state index in [2.05, 4.69) is 29.4 Å². The fraction of sp³-hybridized carbons (Fsp3) is 0.333. The van der Waals surface area contributed by atoms with Gasteiger partial charge in [-0.25, -0.2) is 0 Å². The van der Waals surface area contributed by atoms with E-state index in [0.717, 1.165) is 45.9 Å². The summed E-state index contributed by atoms with van der Waals surface area (Å²) in [4.78, 5) is 13.7. The number of methoxy groups -OCH3 is 3. The minimum Gasteiger partial charge on any atom is -0.496 e. The lowest BCUT2D eigenvalue weighted by Crippen LogP contribution is -2.33. The van der Waals surface area contributed by atoms with Gasteiger partial charge in [-0.2, -0.15) is 5.10 Å². The number of fused-ring (bicyclic) bond motifs is 1. The number of nitrogens with zero attached hydrogens (tertiary/aromatic N) is 1. The van der Waals surface area contributed by atoms with Crippen LogP contribution in [-0.4, -0.2) is 37.3 Å². The lowest BCUT2D eigenvalue weighted by molar-refractivity contribution is -0.118. The summed E-state index contributed by atoms with van der Waals surface area (Å²) in [5.74, 6) is 2.25. The van der Waals surface area contributed by atoms with E-state index in [1.807, 2.05) is 42.5 Å². The van der Waals surface area contributed by atoms with Crippen LogP contribution in [0.1, 0.15) is 43.7 Å². The first-order chi connectivity index (χ1) is 16.4. The Balaban J connectivity index is 1.80. The molecule has 0 saturated heterocycles. The fourth-order valence-corrected chi connectivity index (χ4v) is 5.21. The topological polar surface area (TPSA) is 85.5 Å². The Labute approximate surface area is 199 Å². The fourth-order valence-electron chi connectivity index (χ4n) is 5.21. The van der Waals surface area contributed by atoms with E-state index < -0.39 is 0 Å². The number of hydrogen-bond donors (Lipinski definition) is 2. The lowest BCUT2D eigenvalue weighted by atomic mass is 9.68. The molecule has 7 heteroatoms. The predicted molar refractivity (Wildman–Crippen MR) is 131 cm³/mol. The molecule has 0 bridgehead atoms. The highest BCUT2D eigenvalue weighted by Gasteiger charge is 2.44. The van der Waals surface area contributed by atoms with Crippen molar-refractivity contribution in [3.63, 3.8) is 0 Å². The molecule has 176 valence electrons. The number of carbonyl (C=O) groups excluding carboxylic acids is 1. The Kier molecular flexibility index (Phi) is 5.35. The van der Waals surface area contributed by atoms with E-state index in [1.165, 1.54) is 0 Å². The van der Waals surface area contributed by atoms with Crippen molar-refractivity contribution in [2.45, 2.75) is 32.6 Å². The molecule has 2 N–H and O–H groups in total. The molecule has 1 aliphatic carbocycles. The number of hydrogen-bond acceptors (Lipinski definition) is 6.